The molecule has 0 aliphatic carbocycles. The minimum atomic E-state index is -3.68. The number of carbonyl (C=O) groups excluding carboxylic acids is 2. The van der Waals surface area contributed by atoms with Crippen molar-refractivity contribution in [2.45, 2.75) is 17.9 Å². The first-order valence-electron chi connectivity index (χ1n) is 7.93. The molecule has 0 radical (unpaired) electrons. The number of ketones is 1. The highest BCUT2D eigenvalue weighted by atomic mass is 79.9. The average Bonchev–Trinajstić information content (AvgIpc) is 2.90. The number of nitrogens with zero attached hydrogens (tertiary/aromatic N) is 1. The largest absolute Gasteiger partial charge is 0.456 e. The van der Waals surface area contributed by atoms with Gasteiger partial charge >= 0.3 is 5.97 Å². The van der Waals surface area contributed by atoms with Crippen LogP contribution in [0.3, 0.4) is 0 Å². The lowest BCUT2D eigenvalue weighted by Crippen LogP contribution is -2.27. The van der Waals surface area contributed by atoms with Gasteiger partial charge in [0.2, 0.25) is 0 Å². The molecule has 0 amide bonds. The molecule has 0 saturated heterocycles. The fraction of sp³-hybridized carbons (Fsp3) is 0.167. The summed E-state index contributed by atoms with van der Waals surface area (Å²) in [5.74, 6) is -0.992. The molecule has 0 fully saturated rings. The minimum absolute atomic E-state index is 0.0780. The summed E-state index contributed by atoms with van der Waals surface area (Å²) in [5.41, 5.74) is 0.811. The van der Waals surface area contributed by atoms with E-state index in [0.717, 1.165) is 4.47 Å². The van der Waals surface area contributed by atoms with Crippen molar-refractivity contribution >= 4 is 43.5 Å². The molecule has 2 aromatic carbocycles. The number of halogens is 1. The molecule has 27 heavy (non-hydrogen) atoms. The molecule has 1 N–H and O–H groups in total. The van der Waals surface area contributed by atoms with Crippen LogP contribution in [0.25, 0.3) is 0 Å². The molecule has 1 atom stereocenters. The van der Waals surface area contributed by atoms with Gasteiger partial charge < -0.3 is 4.74 Å². The lowest BCUT2D eigenvalue weighted by molar-refractivity contribution is -0.143. The van der Waals surface area contributed by atoms with Gasteiger partial charge in [0.05, 0.1) is 4.90 Å². The maximum atomic E-state index is 12.1. The zero-order chi connectivity index (χ0) is 19.6. The maximum Gasteiger partial charge on any atom is 0.331 e. The Balaban J connectivity index is 1.67. The minimum Gasteiger partial charge on any atom is -0.456 e. The summed E-state index contributed by atoms with van der Waals surface area (Å²) in [5, 5.41) is 0. The Morgan fingerprint density at radius 3 is 2.52 bits per heavy atom. The van der Waals surface area contributed by atoms with Crippen LogP contribution in [0.5, 0.6) is 0 Å². The molecule has 1 aliphatic heterocycles. The topological polar surface area (TPSA) is 102 Å². The normalized spacial score (nSPS) is 17.0. The number of Topliss-reactive ketones (excluding diaryl/α,β-unsaturated/α-hetero) is 1. The number of esters is 1. The van der Waals surface area contributed by atoms with E-state index in [1.54, 1.807) is 42.5 Å². The molecule has 1 heterocycles. The summed E-state index contributed by atoms with van der Waals surface area (Å²) in [6.07, 6.45) is 0. The van der Waals surface area contributed by atoms with Crippen LogP contribution in [0.2, 0.25) is 0 Å². The zero-order valence-corrected chi connectivity index (χ0v) is 16.6. The highest BCUT2D eigenvalue weighted by Crippen LogP contribution is 2.22. The molecule has 0 bridgehead atoms. The third-order valence-corrected chi connectivity index (χ3v) is 5.76. The predicted octanol–water partition coefficient (Wildman–Crippen LogP) is 2.30. The second kappa shape index (κ2) is 7.61. The quantitative estimate of drug-likeness (QED) is 0.556. The maximum absolute atomic E-state index is 12.1. The SMILES string of the molecule is C[C@H](N=C1NS(=O)(=O)c2ccccc21)C(=O)OCC(=O)c1ccc(Br)cc1. The summed E-state index contributed by atoms with van der Waals surface area (Å²) < 4.78 is 32.3. The molecule has 0 aromatic heterocycles. The first-order valence-corrected chi connectivity index (χ1v) is 10.2. The summed E-state index contributed by atoms with van der Waals surface area (Å²) >= 11 is 3.28. The molecule has 3 rings (SSSR count). The standard InChI is InChI=1S/C18H15BrN2O5S/c1-11(18(23)26-10-15(22)12-6-8-13(19)9-7-12)20-17-14-4-2-3-5-16(14)27(24,25)21-17/h2-9,11H,10H2,1H3,(H,20,21)/t11-/m0/s1. The molecule has 2 aromatic rings. The third kappa shape index (κ3) is 4.25. The number of rotatable bonds is 5. The van der Waals surface area contributed by atoms with E-state index >= 15 is 0 Å². The number of hydrogen-bond acceptors (Lipinski definition) is 6. The summed E-state index contributed by atoms with van der Waals surface area (Å²) in [4.78, 5) is 28.4. The van der Waals surface area contributed by atoms with Crippen LogP contribution in [0.4, 0.5) is 0 Å². The van der Waals surface area contributed by atoms with Gasteiger partial charge in [0.1, 0.15) is 11.9 Å². The Morgan fingerprint density at radius 1 is 1.15 bits per heavy atom. The van der Waals surface area contributed by atoms with Gasteiger partial charge in [0.15, 0.2) is 12.4 Å². The first-order chi connectivity index (χ1) is 12.8. The third-order valence-electron chi connectivity index (χ3n) is 3.84. The number of carbonyl (C=O) groups is 2. The van der Waals surface area contributed by atoms with Gasteiger partial charge in [-0.05, 0) is 31.2 Å². The highest BCUT2D eigenvalue weighted by molar-refractivity contribution is 9.10. The summed E-state index contributed by atoms with van der Waals surface area (Å²) in [6, 6.07) is 12.0. The van der Waals surface area contributed by atoms with Crippen molar-refractivity contribution in [3.63, 3.8) is 0 Å². The Hall–Kier alpha value is -2.52. The van der Waals surface area contributed by atoms with E-state index in [1.165, 1.54) is 13.0 Å². The van der Waals surface area contributed by atoms with E-state index in [-0.39, 0.29) is 16.5 Å². The number of fused-ring (bicyclic) bond motifs is 1. The average molecular weight is 451 g/mol. The van der Waals surface area contributed by atoms with Crippen molar-refractivity contribution < 1.29 is 22.7 Å². The number of benzene rings is 2. The molecule has 0 spiro atoms. The van der Waals surface area contributed by atoms with Gasteiger partial charge in [0.25, 0.3) is 10.0 Å². The number of ether oxygens (including phenoxy) is 1. The smallest absolute Gasteiger partial charge is 0.331 e. The van der Waals surface area contributed by atoms with Crippen LogP contribution in [0, 0.1) is 0 Å². The Labute approximate surface area is 164 Å². The Morgan fingerprint density at radius 2 is 1.81 bits per heavy atom. The van der Waals surface area contributed by atoms with Crippen LogP contribution in [-0.2, 0) is 19.6 Å². The second-order valence-electron chi connectivity index (χ2n) is 5.79. The van der Waals surface area contributed by atoms with Crippen LogP contribution < -0.4 is 4.72 Å². The van der Waals surface area contributed by atoms with Crippen molar-refractivity contribution in [3.05, 3.63) is 64.1 Å². The Kier molecular flexibility index (Phi) is 5.43. The van der Waals surface area contributed by atoms with E-state index in [2.05, 4.69) is 25.6 Å². The van der Waals surface area contributed by atoms with Crippen molar-refractivity contribution in [2.75, 3.05) is 6.61 Å². The number of aliphatic imine (C=N–C) groups is 1. The summed E-state index contributed by atoms with van der Waals surface area (Å²) in [7, 11) is -3.68. The van der Waals surface area contributed by atoms with Crippen molar-refractivity contribution in [2.24, 2.45) is 4.99 Å². The van der Waals surface area contributed by atoms with Gasteiger partial charge in [0, 0.05) is 15.6 Å². The van der Waals surface area contributed by atoms with Gasteiger partial charge in [-0.1, -0.05) is 40.2 Å². The van der Waals surface area contributed by atoms with E-state index < -0.39 is 28.6 Å². The van der Waals surface area contributed by atoms with Gasteiger partial charge in [-0.25, -0.2) is 13.2 Å². The predicted molar refractivity (Wildman–Crippen MR) is 102 cm³/mol. The van der Waals surface area contributed by atoms with Gasteiger partial charge in [-0.3, -0.25) is 14.5 Å². The summed E-state index contributed by atoms with van der Waals surface area (Å²) in [6.45, 7) is 1.05. The second-order valence-corrected chi connectivity index (χ2v) is 8.36. The number of hydrogen-bond donors (Lipinski definition) is 1. The molecule has 1 aliphatic rings. The fourth-order valence-corrected chi connectivity index (χ4v) is 3.96. The molecule has 0 unspecified atom stereocenters. The Bertz CT molecular complexity index is 1030. The zero-order valence-electron chi connectivity index (χ0n) is 14.2. The molecule has 0 saturated carbocycles. The molecule has 140 valence electrons. The molecule has 7 nitrogen and oxygen atoms in total. The fourth-order valence-electron chi connectivity index (χ4n) is 2.45. The number of nitrogens with one attached hydrogen (secondary N) is 1. The van der Waals surface area contributed by atoms with E-state index in [4.69, 9.17) is 4.74 Å². The van der Waals surface area contributed by atoms with Crippen molar-refractivity contribution in [1.29, 1.82) is 0 Å². The van der Waals surface area contributed by atoms with Gasteiger partial charge in [-0.2, -0.15) is 0 Å². The van der Waals surface area contributed by atoms with E-state index in [1.807, 2.05) is 0 Å². The lowest BCUT2D eigenvalue weighted by atomic mass is 10.1. The molecule has 9 heteroatoms. The first kappa shape index (κ1) is 19.2. The van der Waals surface area contributed by atoms with E-state index in [9.17, 15) is 18.0 Å². The van der Waals surface area contributed by atoms with Crippen LogP contribution in [0.15, 0.2) is 62.9 Å². The monoisotopic (exact) mass is 450 g/mol. The van der Waals surface area contributed by atoms with Crippen LogP contribution in [0.1, 0.15) is 22.8 Å². The number of amidine groups is 1. The molecular weight excluding hydrogens is 436 g/mol. The highest BCUT2D eigenvalue weighted by Gasteiger charge is 2.31. The molecular formula is C18H15BrN2O5S. The van der Waals surface area contributed by atoms with Crippen LogP contribution >= 0.6 is 15.9 Å². The van der Waals surface area contributed by atoms with Crippen molar-refractivity contribution in [3.8, 4) is 0 Å². The van der Waals surface area contributed by atoms with Crippen molar-refractivity contribution in [1.82, 2.24) is 4.72 Å². The lowest BCUT2D eigenvalue weighted by Gasteiger charge is -2.09. The number of sulfonamides is 1. The van der Waals surface area contributed by atoms with Gasteiger partial charge in [-0.15, -0.1) is 0 Å². The van der Waals surface area contributed by atoms with E-state index in [0.29, 0.717) is 11.1 Å². The van der Waals surface area contributed by atoms with Crippen LogP contribution in [-0.4, -0.2) is 38.7 Å².